The predicted molar refractivity (Wildman–Crippen MR) is 102 cm³/mol. The quantitative estimate of drug-likeness (QED) is 0.412. The molecular formula is C17H30N4OS. The van der Waals surface area contributed by atoms with E-state index in [9.17, 15) is 4.79 Å². The Morgan fingerprint density at radius 3 is 2.74 bits per heavy atom. The molecule has 0 aromatic carbocycles. The molecule has 0 aliphatic carbocycles. The van der Waals surface area contributed by atoms with Crippen LogP contribution in [0.1, 0.15) is 33.6 Å². The van der Waals surface area contributed by atoms with Crippen LogP contribution >= 0.6 is 11.8 Å². The number of aromatic nitrogens is 1. The molecule has 6 heteroatoms. The number of aryl methyl sites for hydroxylation is 1. The number of unbranched alkanes of at least 4 members (excludes halogenated alkanes) is 1. The van der Waals surface area contributed by atoms with Gasteiger partial charge in [-0.3, -0.25) is 9.79 Å². The maximum absolute atomic E-state index is 11.6. The van der Waals surface area contributed by atoms with Gasteiger partial charge in [0.15, 0.2) is 5.96 Å². The van der Waals surface area contributed by atoms with Crippen LogP contribution in [0.15, 0.2) is 34.2 Å². The molecule has 0 amide bonds. The minimum absolute atomic E-state index is 0.0645. The third-order valence-electron chi connectivity index (χ3n) is 3.53. The number of hydrogen-bond acceptors (Lipinski definition) is 3. The maximum Gasteiger partial charge on any atom is 0.250 e. The SMILES string of the molecule is CCNC(=NCC(C)(C)SC)NCCCCn1ccccc1=O. The number of aliphatic imine (C=N–C) groups is 1. The molecule has 0 aliphatic rings. The number of nitrogens with zero attached hydrogens (tertiary/aromatic N) is 2. The van der Waals surface area contributed by atoms with Crippen molar-refractivity contribution < 1.29 is 0 Å². The van der Waals surface area contributed by atoms with Gasteiger partial charge in [0.05, 0.1) is 6.54 Å². The van der Waals surface area contributed by atoms with E-state index in [2.05, 4.69) is 42.7 Å². The van der Waals surface area contributed by atoms with Gasteiger partial charge >= 0.3 is 0 Å². The highest BCUT2D eigenvalue weighted by Gasteiger charge is 2.15. The van der Waals surface area contributed by atoms with Crippen molar-refractivity contribution in [1.82, 2.24) is 15.2 Å². The highest BCUT2D eigenvalue weighted by Crippen LogP contribution is 2.20. The van der Waals surface area contributed by atoms with Crippen LogP contribution in [0.25, 0.3) is 0 Å². The Morgan fingerprint density at radius 2 is 2.09 bits per heavy atom. The van der Waals surface area contributed by atoms with Gasteiger partial charge < -0.3 is 15.2 Å². The summed E-state index contributed by atoms with van der Waals surface area (Å²) < 4.78 is 1.90. The second-order valence-corrected chi connectivity index (χ2v) is 7.54. The smallest absolute Gasteiger partial charge is 0.250 e. The molecule has 0 saturated heterocycles. The molecule has 0 fully saturated rings. The number of guanidine groups is 1. The molecule has 130 valence electrons. The van der Waals surface area contributed by atoms with Crippen molar-refractivity contribution in [2.75, 3.05) is 25.9 Å². The zero-order valence-electron chi connectivity index (χ0n) is 14.8. The zero-order valence-corrected chi connectivity index (χ0v) is 15.6. The summed E-state index contributed by atoms with van der Waals surface area (Å²) in [6.07, 6.45) is 5.91. The summed E-state index contributed by atoms with van der Waals surface area (Å²) in [5.74, 6) is 0.867. The van der Waals surface area contributed by atoms with Crippen molar-refractivity contribution in [1.29, 1.82) is 0 Å². The van der Waals surface area contributed by atoms with Crippen LogP contribution in [0.4, 0.5) is 0 Å². The third kappa shape index (κ3) is 8.11. The predicted octanol–water partition coefficient (Wildman–Crippen LogP) is 2.33. The van der Waals surface area contributed by atoms with Gasteiger partial charge in [-0.1, -0.05) is 6.07 Å². The van der Waals surface area contributed by atoms with Crippen LogP contribution in [-0.2, 0) is 6.54 Å². The summed E-state index contributed by atoms with van der Waals surface area (Å²) in [5.41, 5.74) is 0.0645. The molecule has 0 saturated carbocycles. The van der Waals surface area contributed by atoms with Gasteiger partial charge in [-0.2, -0.15) is 11.8 Å². The van der Waals surface area contributed by atoms with Gasteiger partial charge in [0, 0.05) is 36.6 Å². The summed E-state index contributed by atoms with van der Waals surface area (Å²) in [7, 11) is 0. The topological polar surface area (TPSA) is 58.4 Å². The molecule has 0 bridgehead atoms. The Balaban J connectivity index is 2.34. The van der Waals surface area contributed by atoms with Crippen LogP contribution in [0.5, 0.6) is 0 Å². The van der Waals surface area contributed by atoms with E-state index in [1.807, 2.05) is 24.0 Å². The Morgan fingerprint density at radius 1 is 1.30 bits per heavy atom. The number of nitrogens with one attached hydrogen (secondary N) is 2. The highest BCUT2D eigenvalue weighted by molar-refractivity contribution is 7.99. The molecule has 0 atom stereocenters. The molecule has 1 aromatic heterocycles. The lowest BCUT2D eigenvalue weighted by Gasteiger charge is -2.20. The number of hydrogen-bond donors (Lipinski definition) is 2. The number of rotatable bonds is 9. The lowest BCUT2D eigenvalue weighted by Crippen LogP contribution is -2.39. The first kappa shape index (κ1) is 19.6. The molecule has 0 radical (unpaired) electrons. The van der Waals surface area contributed by atoms with E-state index < -0.39 is 0 Å². The van der Waals surface area contributed by atoms with Crippen LogP contribution in [0, 0.1) is 0 Å². The molecule has 23 heavy (non-hydrogen) atoms. The fraction of sp³-hybridized carbons (Fsp3) is 0.647. The van der Waals surface area contributed by atoms with Crippen LogP contribution < -0.4 is 16.2 Å². The second-order valence-electron chi connectivity index (χ2n) is 6.03. The van der Waals surface area contributed by atoms with Gasteiger partial charge in [0.1, 0.15) is 0 Å². The van der Waals surface area contributed by atoms with Gasteiger partial charge in [-0.05, 0) is 45.9 Å². The zero-order chi connectivity index (χ0) is 17.1. The molecule has 2 N–H and O–H groups in total. The minimum Gasteiger partial charge on any atom is -0.357 e. The second kappa shape index (κ2) is 10.4. The van der Waals surface area contributed by atoms with E-state index >= 15 is 0 Å². The largest absolute Gasteiger partial charge is 0.357 e. The van der Waals surface area contributed by atoms with E-state index in [0.29, 0.717) is 0 Å². The number of thioether (sulfide) groups is 1. The van der Waals surface area contributed by atoms with E-state index in [1.165, 1.54) is 0 Å². The van der Waals surface area contributed by atoms with E-state index in [4.69, 9.17) is 0 Å². The number of pyridine rings is 1. The molecular weight excluding hydrogens is 308 g/mol. The molecule has 0 unspecified atom stereocenters. The van der Waals surface area contributed by atoms with Crippen molar-refractivity contribution in [3.05, 3.63) is 34.7 Å². The molecule has 1 heterocycles. The highest BCUT2D eigenvalue weighted by atomic mass is 32.2. The first-order valence-corrected chi connectivity index (χ1v) is 9.44. The monoisotopic (exact) mass is 338 g/mol. The van der Waals surface area contributed by atoms with Gasteiger partial charge in [-0.15, -0.1) is 0 Å². The summed E-state index contributed by atoms with van der Waals surface area (Å²) >= 11 is 1.82. The third-order valence-corrected chi connectivity index (χ3v) is 4.77. The van der Waals surface area contributed by atoms with Crippen LogP contribution in [0.3, 0.4) is 0 Å². The Kier molecular flexibility index (Phi) is 8.84. The van der Waals surface area contributed by atoms with Crippen molar-refractivity contribution in [2.45, 2.75) is 44.9 Å². The molecule has 1 aromatic rings. The first-order valence-electron chi connectivity index (χ1n) is 8.21. The average molecular weight is 339 g/mol. The Labute approximate surface area is 144 Å². The maximum atomic E-state index is 11.6. The van der Waals surface area contributed by atoms with Crippen LogP contribution in [0.2, 0.25) is 0 Å². The van der Waals surface area contributed by atoms with Gasteiger partial charge in [0.25, 0.3) is 0 Å². The Hall–Kier alpha value is -1.43. The lowest BCUT2D eigenvalue weighted by molar-refractivity contribution is 0.585. The van der Waals surface area contributed by atoms with E-state index in [0.717, 1.165) is 45.0 Å². The van der Waals surface area contributed by atoms with Crippen molar-refractivity contribution in [3.8, 4) is 0 Å². The summed E-state index contributed by atoms with van der Waals surface area (Å²) in [6, 6.07) is 5.26. The van der Waals surface area contributed by atoms with Gasteiger partial charge in [-0.25, -0.2) is 0 Å². The van der Waals surface area contributed by atoms with Crippen molar-refractivity contribution >= 4 is 17.7 Å². The standard InChI is InChI=1S/C17H30N4OS/c1-5-18-16(20-14-17(2,3)23-4)19-11-7-9-13-21-12-8-6-10-15(21)22/h6,8,10,12H,5,7,9,11,13-14H2,1-4H3,(H2,18,19,20). The fourth-order valence-corrected chi connectivity index (χ4v) is 2.13. The van der Waals surface area contributed by atoms with Gasteiger partial charge in [0.2, 0.25) is 5.56 Å². The normalized spacial score (nSPS) is 12.3. The Bertz CT molecular complexity index is 539. The molecule has 0 spiro atoms. The van der Waals surface area contributed by atoms with E-state index in [-0.39, 0.29) is 10.3 Å². The van der Waals surface area contributed by atoms with Crippen molar-refractivity contribution in [2.24, 2.45) is 4.99 Å². The summed E-state index contributed by atoms with van der Waals surface area (Å²) in [6.45, 7) is 9.71. The van der Waals surface area contributed by atoms with Crippen LogP contribution in [-0.4, -0.2) is 41.2 Å². The molecule has 1 rings (SSSR count). The average Bonchev–Trinajstić information content (AvgIpc) is 2.54. The van der Waals surface area contributed by atoms with Crippen molar-refractivity contribution in [3.63, 3.8) is 0 Å². The lowest BCUT2D eigenvalue weighted by atomic mass is 10.2. The summed E-state index contributed by atoms with van der Waals surface area (Å²) in [5, 5.41) is 6.63. The first-order chi connectivity index (χ1) is 11.0. The fourth-order valence-electron chi connectivity index (χ4n) is 1.94. The molecule has 0 aliphatic heterocycles. The van der Waals surface area contributed by atoms with E-state index in [1.54, 1.807) is 16.7 Å². The summed E-state index contributed by atoms with van der Waals surface area (Å²) in [4.78, 5) is 16.2. The minimum atomic E-state index is 0.0645. The molecule has 5 nitrogen and oxygen atoms in total.